The lowest BCUT2D eigenvalue weighted by Gasteiger charge is -2.05. The van der Waals surface area contributed by atoms with Crippen molar-refractivity contribution in [1.29, 1.82) is 0 Å². The van der Waals surface area contributed by atoms with E-state index in [1.54, 1.807) is 18.2 Å². The summed E-state index contributed by atoms with van der Waals surface area (Å²) in [4.78, 5) is 0. The second-order valence-corrected chi connectivity index (χ2v) is 3.30. The number of ether oxygens (including phenoxy) is 1. The average Bonchev–Trinajstić information content (AvgIpc) is 2.25. The van der Waals surface area contributed by atoms with Crippen LogP contribution in [-0.2, 0) is 0 Å². The second kappa shape index (κ2) is 7.04. The fraction of sp³-hybridized carbons (Fsp3) is 0.385. The summed E-state index contributed by atoms with van der Waals surface area (Å²) in [7, 11) is 0. The van der Waals surface area contributed by atoms with Crippen molar-refractivity contribution in [2.75, 3.05) is 6.61 Å². The van der Waals surface area contributed by atoms with Crippen molar-refractivity contribution < 1.29 is 9.13 Å². The molecule has 0 unspecified atom stereocenters. The number of rotatable bonds is 6. The summed E-state index contributed by atoms with van der Waals surface area (Å²) >= 11 is 0. The monoisotopic (exact) mass is 208 g/mol. The minimum absolute atomic E-state index is 0.290. The second-order valence-electron chi connectivity index (χ2n) is 3.30. The maximum atomic E-state index is 13.1. The van der Waals surface area contributed by atoms with Gasteiger partial charge in [0.15, 0.2) is 11.6 Å². The van der Waals surface area contributed by atoms with Crippen molar-refractivity contribution in [3.8, 4) is 5.75 Å². The molecular formula is C13H17FO. The van der Waals surface area contributed by atoms with Crippen LogP contribution in [0.3, 0.4) is 0 Å². The molecule has 0 saturated heterocycles. The van der Waals surface area contributed by atoms with Crippen LogP contribution in [0.25, 0.3) is 0 Å². The third kappa shape index (κ3) is 4.63. The molecule has 15 heavy (non-hydrogen) atoms. The van der Waals surface area contributed by atoms with Gasteiger partial charge in [0.05, 0.1) is 6.61 Å². The van der Waals surface area contributed by atoms with Crippen LogP contribution in [0.2, 0.25) is 0 Å². The number of hydrogen-bond acceptors (Lipinski definition) is 1. The van der Waals surface area contributed by atoms with Crippen LogP contribution in [-0.4, -0.2) is 6.61 Å². The van der Waals surface area contributed by atoms with Gasteiger partial charge in [-0.05, 0) is 31.4 Å². The lowest BCUT2D eigenvalue weighted by molar-refractivity contribution is 0.296. The highest BCUT2D eigenvalue weighted by Gasteiger charge is 1.99. The minimum Gasteiger partial charge on any atom is -0.491 e. The summed E-state index contributed by atoms with van der Waals surface area (Å²) in [6, 6.07) is 6.49. The van der Waals surface area contributed by atoms with Gasteiger partial charge in [-0.25, -0.2) is 4.39 Å². The smallest absolute Gasteiger partial charge is 0.165 e. The number of hydrogen-bond donors (Lipinski definition) is 0. The Morgan fingerprint density at radius 2 is 2.07 bits per heavy atom. The van der Waals surface area contributed by atoms with E-state index in [1.165, 1.54) is 6.07 Å². The molecule has 0 aliphatic carbocycles. The Morgan fingerprint density at radius 1 is 1.27 bits per heavy atom. The maximum absolute atomic E-state index is 13.1. The number of para-hydroxylation sites is 1. The van der Waals surface area contributed by atoms with Crippen molar-refractivity contribution in [3.05, 3.63) is 42.2 Å². The van der Waals surface area contributed by atoms with Gasteiger partial charge < -0.3 is 4.74 Å². The Bertz CT molecular complexity index is 307. The summed E-state index contributed by atoms with van der Waals surface area (Å²) in [6.07, 6.45) is 7.23. The molecule has 1 aromatic rings. The van der Waals surface area contributed by atoms with Gasteiger partial charge in [-0.2, -0.15) is 0 Å². The number of benzene rings is 1. The van der Waals surface area contributed by atoms with Gasteiger partial charge in [-0.1, -0.05) is 31.2 Å². The Hall–Kier alpha value is -1.31. The zero-order valence-corrected chi connectivity index (χ0v) is 9.08. The highest BCUT2D eigenvalue weighted by atomic mass is 19.1. The van der Waals surface area contributed by atoms with Crippen LogP contribution >= 0.6 is 0 Å². The first kappa shape index (κ1) is 11.8. The summed E-state index contributed by atoms with van der Waals surface area (Å²) in [5.41, 5.74) is 0. The predicted octanol–water partition coefficient (Wildman–Crippen LogP) is 3.95. The normalized spacial score (nSPS) is 10.8. The third-order valence-electron chi connectivity index (χ3n) is 2.01. The quantitative estimate of drug-likeness (QED) is 0.508. The molecule has 0 heterocycles. The lowest BCUT2D eigenvalue weighted by atomic mass is 10.3. The maximum Gasteiger partial charge on any atom is 0.165 e. The van der Waals surface area contributed by atoms with Crippen molar-refractivity contribution in [2.45, 2.75) is 26.2 Å². The standard InChI is InChI=1S/C13H17FO/c1-2-3-4-5-8-11-15-13-10-7-6-9-12(13)14/h3-4,6-7,9-10H,2,5,8,11H2,1H3. The fourth-order valence-electron chi connectivity index (χ4n) is 1.23. The van der Waals surface area contributed by atoms with Gasteiger partial charge in [0.1, 0.15) is 0 Å². The van der Waals surface area contributed by atoms with E-state index in [1.807, 2.05) is 0 Å². The summed E-state index contributed by atoms with van der Waals surface area (Å²) in [5, 5.41) is 0. The molecule has 0 fully saturated rings. The van der Waals surface area contributed by atoms with E-state index < -0.39 is 0 Å². The third-order valence-corrected chi connectivity index (χ3v) is 2.01. The van der Waals surface area contributed by atoms with Crippen LogP contribution in [0.1, 0.15) is 26.2 Å². The van der Waals surface area contributed by atoms with Crippen LogP contribution in [0, 0.1) is 5.82 Å². The Morgan fingerprint density at radius 3 is 2.80 bits per heavy atom. The Balaban J connectivity index is 2.20. The molecule has 0 radical (unpaired) electrons. The van der Waals surface area contributed by atoms with E-state index in [0.717, 1.165) is 19.3 Å². The zero-order valence-electron chi connectivity index (χ0n) is 9.08. The summed E-state index contributed by atoms with van der Waals surface area (Å²) in [6.45, 7) is 2.67. The SMILES string of the molecule is CCC=CCCCOc1ccccc1F. The average molecular weight is 208 g/mol. The van der Waals surface area contributed by atoms with E-state index >= 15 is 0 Å². The van der Waals surface area contributed by atoms with Crippen molar-refractivity contribution in [1.82, 2.24) is 0 Å². The van der Waals surface area contributed by atoms with Crippen LogP contribution in [0.5, 0.6) is 5.75 Å². The molecule has 1 aromatic carbocycles. The number of unbranched alkanes of at least 4 members (excludes halogenated alkanes) is 1. The van der Waals surface area contributed by atoms with E-state index in [9.17, 15) is 4.39 Å². The minimum atomic E-state index is -0.290. The van der Waals surface area contributed by atoms with Crippen molar-refractivity contribution in [2.24, 2.45) is 0 Å². The van der Waals surface area contributed by atoms with Crippen LogP contribution in [0.4, 0.5) is 4.39 Å². The topological polar surface area (TPSA) is 9.23 Å². The van der Waals surface area contributed by atoms with Crippen molar-refractivity contribution >= 4 is 0 Å². The van der Waals surface area contributed by atoms with Gasteiger partial charge in [-0.3, -0.25) is 0 Å². The lowest BCUT2D eigenvalue weighted by Crippen LogP contribution is -1.98. The molecule has 0 N–H and O–H groups in total. The molecule has 0 saturated carbocycles. The molecule has 82 valence electrons. The van der Waals surface area contributed by atoms with Gasteiger partial charge in [0, 0.05) is 0 Å². The summed E-state index contributed by atoms with van der Waals surface area (Å²) in [5.74, 6) is 0.0542. The van der Waals surface area contributed by atoms with Gasteiger partial charge in [0.2, 0.25) is 0 Å². The van der Waals surface area contributed by atoms with Gasteiger partial charge in [0.25, 0.3) is 0 Å². The van der Waals surface area contributed by atoms with Crippen molar-refractivity contribution in [3.63, 3.8) is 0 Å². The first-order chi connectivity index (χ1) is 7.34. The predicted molar refractivity (Wildman–Crippen MR) is 60.6 cm³/mol. The highest BCUT2D eigenvalue weighted by Crippen LogP contribution is 2.15. The molecule has 0 bridgehead atoms. The molecule has 2 heteroatoms. The zero-order chi connectivity index (χ0) is 10.9. The first-order valence-electron chi connectivity index (χ1n) is 5.37. The number of halogens is 1. The molecule has 0 aromatic heterocycles. The van der Waals surface area contributed by atoms with Crippen LogP contribution < -0.4 is 4.74 Å². The Labute approximate surface area is 90.6 Å². The molecule has 0 aliphatic rings. The Kier molecular flexibility index (Phi) is 5.52. The molecule has 1 nitrogen and oxygen atoms in total. The molecule has 0 amide bonds. The van der Waals surface area contributed by atoms with E-state index in [0.29, 0.717) is 12.4 Å². The molecule has 0 atom stereocenters. The highest BCUT2D eigenvalue weighted by molar-refractivity contribution is 5.23. The molecule has 0 spiro atoms. The van der Waals surface area contributed by atoms with E-state index in [2.05, 4.69) is 19.1 Å². The molecular weight excluding hydrogens is 191 g/mol. The van der Waals surface area contributed by atoms with Gasteiger partial charge >= 0.3 is 0 Å². The number of allylic oxidation sites excluding steroid dienone is 2. The molecule has 1 rings (SSSR count). The first-order valence-corrected chi connectivity index (χ1v) is 5.37. The van der Waals surface area contributed by atoms with Crippen LogP contribution in [0.15, 0.2) is 36.4 Å². The largest absolute Gasteiger partial charge is 0.491 e. The molecule has 0 aliphatic heterocycles. The summed E-state index contributed by atoms with van der Waals surface area (Å²) < 4.78 is 18.4. The fourth-order valence-corrected chi connectivity index (χ4v) is 1.23. The van der Waals surface area contributed by atoms with E-state index in [4.69, 9.17) is 4.74 Å². The van der Waals surface area contributed by atoms with Gasteiger partial charge in [-0.15, -0.1) is 0 Å². The van der Waals surface area contributed by atoms with E-state index in [-0.39, 0.29) is 5.82 Å².